The van der Waals surface area contributed by atoms with Crippen LogP contribution in [0.1, 0.15) is 12.8 Å². The van der Waals surface area contributed by atoms with Crippen molar-refractivity contribution in [3.05, 3.63) is 0 Å². The van der Waals surface area contributed by atoms with Crippen LogP contribution in [0.25, 0.3) is 0 Å². The van der Waals surface area contributed by atoms with Gasteiger partial charge in [0.15, 0.2) is 0 Å². The first-order valence-corrected chi connectivity index (χ1v) is 7.66. The van der Waals surface area contributed by atoms with E-state index in [-0.39, 0.29) is 18.3 Å². The predicted molar refractivity (Wildman–Crippen MR) is 64.3 cm³/mol. The number of carbonyl (C=O) groups excluding carboxylic acids is 1. The Morgan fingerprint density at radius 2 is 2.24 bits per heavy atom. The van der Waals surface area contributed by atoms with Gasteiger partial charge in [-0.25, -0.2) is 8.42 Å². The van der Waals surface area contributed by atoms with Crippen LogP contribution in [0, 0.1) is 0 Å². The van der Waals surface area contributed by atoms with Crippen LogP contribution in [0.5, 0.6) is 0 Å². The fraction of sp³-hybridized carbons (Fsp3) is 0.900. The zero-order valence-electron chi connectivity index (χ0n) is 10.3. The summed E-state index contributed by atoms with van der Waals surface area (Å²) in [5.74, 6) is -0.595. The molecular formula is C10H20N2O4S. The fourth-order valence-electron chi connectivity index (χ4n) is 1.70. The molecule has 0 aromatic rings. The van der Waals surface area contributed by atoms with Gasteiger partial charge in [-0.3, -0.25) is 4.79 Å². The summed E-state index contributed by atoms with van der Waals surface area (Å²) < 4.78 is 27.1. The molecule has 0 aromatic carbocycles. The highest BCUT2D eigenvalue weighted by Gasteiger charge is 2.26. The first kappa shape index (κ1) is 14.4. The SMILES string of the molecule is CN1CCC(OC(=O)C(N)CCS(C)(=O)=O)C1. The second-order valence-electron chi connectivity index (χ2n) is 4.63. The smallest absolute Gasteiger partial charge is 0.323 e. The lowest BCUT2D eigenvalue weighted by atomic mass is 10.2. The van der Waals surface area contributed by atoms with E-state index in [1.807, 2.05) is 7.05 Å². The highest BCUT2D eigenvalue weighted by Crippen LogP contribution is 2.11. The molecule has 1 aliphatic rings. The summed E-state index contributed by atoms with van der Waals surface area (Å²) in [4.78, 5) is 13.6. The maximum absolute atomic E-state index is 11.6. The molecular weight excluding hydrogens is 244 g/mol. The summed E-state index contributed by atoms with van der Waals surface area (Å²) in [7, 11) is -1.13. The minimum atomic E-state index is -3.08. The molecule has 1 saturated heterocycles. The van der Waals surface area contributed by atoms with E-state index in [0.717, 1.165) is 19.2 Å². The molecule has 0 bridgehead atoms. The first-order valence-electron chi connectivity index (χ1n) is 5.60. The molecule has 0 aliphatic carbocycles. The molecule has 6 nitrogen and oxygen atoms in total. The summed E-state index contributed by atoms with van der Waals surface area (Å²) in [5, 5.41) is 0. The highest BCUT2D eigenvalue weighted by molar-refractivity contribution is 7.90. The van der Waals surface area contributed by atoms with Crippen LogP contribution < -0.4 is 5.73 Å². The monoisotopic (exact) mass is 264 g/mol. The molecule has 2 N–H and O–H groups in total. The Bertz CT molecular complexity index is 369. The molecule has 0 saturated carbocycles. The third-order valence-electron chi connectivity index (χ3n) is 2.73. The van der Waals surface area contributed by atoms with Gasteiger partial charge >= 0.3 is 5.97 Å². The van der Waals surface area contributed by atoms with Crippen molar-refractivity contribution in [1.29, 1.82) is 0 Å². The van der Waals surface area contributed by atoms with Crippen LogP contribution in [-0.4, -0.2) is 63.6 Å². The van der Waals surface area contributed by atoms with Gasteiger partial charge in [-0.1, -0.05) is 0 Å². The Kier molecular flexibility index (Phi) is 4.91. The maximum Gasteiger partial charge on any atom is 0.323 e. The van der Waals surface area contributed by atoms with Crippen molar-refractivity contribution in [2.45, 2.75) is 25.0 Å². The van der Waals surface area contributed by atoms with Gasteiger partial charge in [-0.15, -0.1) is 0 Å². The van der Waals surface area contributed by atoms with Crippen molar-refractivity contribution in [3.63, 3.8) is 0 Å². The number of esters is 1. The van der Waals surface area contributed by atoms with Crippen LogP contribution in [0.15, 0.2) is 0 Å². The lowest BCUT2D eigenvalue weighted by Gasteiger charge is -2.15. The number of carbonyl (C=O) groups is 1. The van der Waals surface area contributed by atoms with Crippen molar-refractivity contribution in [1.82, 2.24) is 4.90 Å². The Morgan fingerprint density at radius 3 is 2.71 bits per heavy atom. The van der Waals surface area contributed by atoms with Crippen molar-refractivity contribution in [3.8, 4) is 0 Å². The molecule has 0 radical (unpaired) electrons. The average Bonchev–Trinajstić information content (AvgIpc) is 2.59. The normalized spacial score (nSPS) is 23.6. The van der Waals surface area contributed by atoms with Crippen LogP contribution in [0.3, 0.4) is 0 Å². The van der Waals surface area contributed by atoms with Crippen LogP contribution in [0.2, 0.25) is 0 Å². The number of rotatable bonds is 5. The molecule has 100 valence electrons. The van der Waals surface area contributed by atoms with E-state index in [1.165, 1.54) is 0 Å². The summed E-state index contributed by atoms with van der Waals surface area (Å²) in [5.41, 5.74) is 5.58. The molecule has 2 atom stereocenters. The standard InChI is InChI=1S/C10H20N2O4S/c1-12-5-3-8(7-12)16-10(13)9(11)4-6-17(2,14)15/h8-9H,3-7,11H2,1-2H3. The van der Waals surface area contributed by atoms with Crippen molar-refractivity contribution in [2.24, 2.45) is 5.73 Å². The maximum atomic E-state index is 11.6. The average molecular weight is 264 g/mol. The lowest BCUT2D eigenvalue weighted by molar-refractivity contribution is -0.150. The highest BCUT2D eigenvalue weighted by atomic mass is 32.2. The van der Waals surface area contributed by atoms with Crippen molar-refractivity contribution < 1.29 is 17.9 Å². The Balaban J connectivity index is 2.32. The number of sulfone groups is 1. The lowest BCUT2D eigenvalue weighted by Crippen LogP contribution is -2.37. The molecule has 17 heavy (non-hydrogen) atoms. The van der Waals surface area contributed by atoms with Gasteiger partial charge in [0.1, 0.15) is 22.0 Å². The van der Waals surface area contributed by atoms with E-state index in [2.05, 4.69) is 4.90 Å². The molecule has 0 aromatic heterocycles. The van der Waals surface area contributed by atoms with E-state index >= 15 is 0 Å². The van der Waals surface area contributed by atoms with E-state index in [4.69, 9.17) is 10.5 Å². The number of likely N-dealkylation sites (tertiary alicyclic amines) is 1. The number of hydrogen-bond donors (Lipinski definition) is 1. The molecule has 1 heterocycles. The second kappa shape index (κ2) is 5.79. The van der Waals surface area contributed by atoms with Gasteiger partial charge in [0.05, 0.1) is 5.75 Å². The van der Waals surface area contributed by atoms with Crippen LogP contribution >= 0.6 is 0 Å². The number of nitrogens with zero attached hydrogens (tertiary/aromatic N) is 1. The fourth-order valence-corrected chi connectivity index (χ4v) is 2.38. The van der Waals surface area contributed by atoms with Gasteiger partial charge in [-0.2, -0.15) is 0 Å². The quantitative estimate of drug-likeness (QED) is 0.640. The zero-order chi connectivity index (χ0) is 13.1. The molecule has 0 spiro atoms. The molecule has 1 aliphatic heterocycles. The molecule has 0 amide bonds. The summed E-state index contributed by atoms with van der Waals surface area (Å²) in [6, 6.07) is -0.851. The van der Waals surface area contributed by atoms with E-state index in [9.17, 15) is 13.2 Å². The van der Waals surface area contributed by atoms with E-state index in [0.29, 0.717) is 6.54 Å². The first-order chi connectivity index (χ1) is 7.78. The van der Waals surface area contributed by atoms with Crippen molar-refractivity contribution in [2.75, 3.05) is 32.1 Å². The van der Waals surface area contributed by atoms with Crippen LogP contribution in [0.4, 0.5) is 0 Å². The topological polar surface area (TPSA) is 89.7 Å². The Morgan fingerprint density at radius 1 is 1.59 bits per heavy atom. The molecule has 7 heteroatoms. The van der Waals surface area contributed by atoms with Crippen LogP contribution in [-0.2, 0) is 19.4 Å². The predicted octanol–water partition coefficient (Wildman–Crippen LogP) is -1.00. The third-order valence-corrected chi connectivity index (χ3v) is 3.71. The van der Waals surface area contributed by atoms with Gasteiger partial charge < -0.3 is 15.4 Å². The number of ether oxygens (including phenoxy) is 1. The minimum Gasteiger partial charge on any atom is -0.460 e. The van der Waals surface area contributed by atoms with Gasteiger partial charge in [-0.05, 0) is 19.9 Å². The van der Waals surface area contributed by atoms with E-state index in [1.54, 1.807) is 0 Å². The van der Waals surface area contributed by atoms with Gasteiger partial charge in [0.2, 0.25) is 0 Å². The third kappa shape index (κ3) is 5.47. The van der Waals surface area contributed by atoms with Gasteiger partial charge in [0.25, 0.3) is 0 Å². The second-order valence-corrected chi connectivity index (χ2v) is 6.89. The van der Waals surface area contributed by atoms with E-state index < -0.39 is 21.8 Å². The summed E-state index contributed by atoms with van der Waals surface area (Å²) in [6.07, 6.45) is 1.93. The Labute approximate surface area is 102 Å². The number of hydrogen-bond acceptors (Lipinski definition) is 6. The number of nitrogens with two attached hydrogens (primary N) is 1. The molecule has 1 rings (SSSR count). The zero-order valence-corrected chi connectivity index (χ0v) is 11.1. The van der Waals surface area contributed by atoms with Crippen molar-refractivity contribution >= 4 is 15.8 Å². The molecule has 2 unspecified atom stereocenters. The summed E-state index contributed by atoms with van der Waals surface area (Å²) >= 11 is 0. The largest absolute Gasteiger partial charge is 0.460 e. The number of likely N-dealkylation sites (N-methyl/N-ethyl adjacent to an activating group) is 1. The molecule has 1 fully saturated rings. The van der Waals surface area contributed by atoms with Gasteiger partial charge in [0, 0.05) is 19.3 Å². The minimum absolute atomic E-state index is 0.0894. The Hall–Kier alpha value is -0.660. The summed E-state index contributed by atoms with van der Waals surface area (Å²) in [6.45, 7) is 1.61.